The molecule has 0 aromatic heterocycles. The van der Waals surface area contributed by atoms with Gasteiger partial charge in [-0.3, -0.25) is 9.80 Å². The van der Waals surface area contributed by atoms with E-state index in [0.717, 1.165) is 5.56 Å². The van der Waals surface area contributed by atoms with Gasteiger partial charge in [-0.2, -0.15) is 0 Å². The summed E-state index contributed by atoms with van der Waals surface area (Å²) in [5.74, 6) is 0.792. The smallest absolute Gasteiger partial charge is 0.339 e. The molecule has 0 N–H and O–H groups in total. The number of carbonyl (C=O) groups is 1. The van der Waals surface area contributed by atoms with E-state index in [1.54, 1.807) is 20.3 Å². The summed E-state index contributed by atoms with van der Waals surface area (Å²) < 4.78 is 16.2. The van der Waals surface area contributed by atoms with Crippen LogP contribution in [0.4, 0.5) is 0 Å². The molecule has 1 aliphatic rings. The highest BCUT2D eigenvalue weighted by molar-refractivity contribution is 5.95. The van der Waals surface area contributed by atoms with Gasteiger partial charge in [-0.25, -0.2) is 4.79 Å². The van der Waals surface area contributed by atoms with Crippen LogP contribution < -0.4 is 9.47 Å². The highest BCUT2D eigenvalue weighted by Crippen LogP contribution is 2.41. The second kappa shape index (κ2) is 5.91. The maximum absolute atomic E-state index is 12.1. The molecule has 6 heteroatoms. The van der Waals surface area contributed by atoms with Gasteiger partial charge in [0.1, 0.15) is 6.17 Å². The van der Waals surface area contributed by atoms with Crippen LogP contribution in [-0.2, 0) is 4.74 Å². The molecule has 1 heterocycles. The van der Waals surface area contributed by atoms with E-state index >= 15 is 0 Å². The Balaban J connectivity index is 2.51. The lowest BCUT2D eigenvalue weighted by atomic mass is 10.0. The molecule has 1 aliphatic heterocycles. The second-order valence-electron chi connectivity index (χ2n) is 5.46. The Morgan fingerprint density at radius 1 is 1.05 bits per heavy atom. The Hall–Kier alpha value is -1.79. The van der Waals surface area contributed by atoms with Gasteiger partial charge in [0, 0.05) is 5.56 Å². The fourth-order valence-electron chi connectivity index (χ4n) is 2.77. The van der Waals surface area contributed by atoms with E-state index in [-0.39, 0.29) is 18.2 Å². The van der Waals surface area contributed by atoms with Gasteiger partial charge in [-0.15, -0.1) is 0 Å². The maximum atomic E-state index is 12.1. The number of esters is 1. The number of benzene rings is 1. The van der Waals surface area contributed by atoms with E-state index in [1.807, 2.05) is 44.1 Å². The molecule has 116 valence electrons. The first-order chi connectivity index (χ1) is 9.90. The van der Waals surface area contributed by atoms with Gasteiger partial charge in [-0.1, -0.05) is 0 Å². The molecule has 1 atom stereocenters. The number of rotatable bonds is 5. The SMILES string of the molecule is COc1cc2c(cc1OC)C(C(N(C)C)N(C)C)OC2=O. The van der Waals surface area contributed by atoms with Crippen molar-refractivity contribution in [2.45, 2.75) is 12.3 Å². The zero-order valence-corrected chi connectivity index (χ0v) is 13.3. The fourth-order valence-corrected chi connectivity index (χ4v) is 2.77. The molecule has 0 radical (unpaired) electrons. The van der Waals surface area contributed by atoms with Gasteiger partial charge in [-0.05, 0) is 40.3 Å². The number of likely N-dealkylation sites (N-methyl/N-ethyl adjacent to an activating group) is 2. The zero-order chi connectivity index (χ0) is 15.7. The number of methoxy groups -OCH3 is 2. The quantitative estimate of drug-likeness (QED) is 0.604. The molecule has 1 aromatic carbocycles. The second-order valence-corrected chi connectivity index (χ2v) is 5.46. The minimum atomic E-state index is -0.364. The summed E-state index contributed by atoms with van der Waals surface area (Å²) in [5.41, 5.74) is 1.36. The molecule has 0 amide bonds. The van der Waals surface area contributed by atoms with Crippen LogP contribution in [0.1, 0.15) is 22.0 Å². The summed E-state index contributed by atoms with van der Waals surface area (Å²) in [5, 5.41) is 0. The van der Waals surface area contributed by atoms with Crippen molar-refractivity contribution in [3.63, 3.8) is 0 Å². The van der Waals surface area contributed by atoms with Crippen molar-refractivity contribution >= 4 is 5.97 Å². The number of hydrogen-bond donors (Lipinski definition) is 0. The Labute approximate surface area is 125 Å². The highest BCUT2D eigenvalue weighted by Gasteiger charge is 2.40. The number of nitrogens with zero attached hydrogens (tertiary/aromatic N) is 2. The molecule has 6 nitrogen and oxygen atoms in total. The number of fused-ring (bicyclic) bond motifs is 1. The molecule has 0 saturated heterocycles. The van der Waals surface area contributed by atoms with Crippen molar-refractivity contribution in [1.29, 1.82) is 0 Å². The molecule has 0 saturated carbocycles. The third kappa shape index (κ3) is 2.69. The van der Waals surface area contributed by atoms with Gasteiger partial charge in [0.2, 0.25) is 0 Å². The van der Waals surface area contributed by atoms with Gasteiger partial charge in [0.15, 0.2) is 17.6 Å². The standard InChI is InChI=1S/C15H22N2O4/c1-16(2)14(17(3)4)13-9-7-11(19-5)12(20-6)8-10(9)15(18)21-13/h7-8,13-14H,1-6H3. The van der Waals surface area contributed by atoms with E-state index in [2.05, 4.69) is 0 Å². The van der Waals surface area contributed by atoms with Crippen LogP contribution in [0.25, 0.3) is 0 Å². The van der Waals surface area contributed by atoms with Gasteiger partial charge in [0.05, 0.1) is 19.8 Å². The topological polar surface area (TPSA) is 51.2 Å². The number of ether oxygens (including phenoxy) is 3. The maximum Gasteiger partial charge on any atom is 0.339 e. The first-order valence-corrected chi connectivity index (χ1v) is 6.70. The molecular formula is C15H22N2O4. The summed E-state index contributed by atoms with van der Waals surface area (Å²) in [4.78, 5) is 16.2. The summed E-state index contributed by atoms with van der Waals surface area (Å²) in [7, 11) is 10.9. The van der Waals surface area contributed by atoms with Gasteiger partial charge < -0.3 is 14.2 Å². The van der Waals surface area contributed by atoms with Crippen molar-refractivity contribution in [2.75, 3.05) is 42.4 Å². The van der Waals surface area contributed by atoms with Crippen LogP contribution in [0, 0.1) is 0 Å². The molecule has 0 aliphatic carbocycles. The van der Waals surface area contributed by atoms with Crippen molar-refractivity contribution in [3.8, 4) is 11.5 Å². The molecule has 0 bridgehead atoms. The first-order valence-electron chi connectivity index (χ1n) is 6.70. The third-order valence-electron chi connectivity index (χ3n) is 3.65. The Kier molecular flexibility index (Phi) is 4.39. The third-order valence-corrected chi connectivity index (χ3v) is 3.65. The number of cyclic esters (lactones) is 1. The van der Waals surface area contributed by atoms with Gasteiger partial charge in [0.25, 0.3) is 0 Å². The van der Waals surface area contributed by atoms with Crippen molar-refractivity contribution in [3.05, 3.63) is 23.3 Å². The Morgan fingerprint density at radius 3 is 2.05 bits per heavy atom. The molecular weight excluding hydrogens is 272 g/mol. The zero-order valence-electron chi connectivity index (χ0n) is 13.3. The average Bonchev–Trinajstić information content (AvgIpc) is 2.73. The van der Waals surface area contributed by atoms with Crippen molar-refractivity contribution in [2.24, 2.45) is 0 Å². The average molecular weight is 294 g/mol. The predicted octanol–water partition coefficient (Wildman–Crippen LogP) is 1.36. The minimum absolute atomic E-state index is 0.0618. The van der Waals surface area contributed by atoms with Crippen LogP contribution >= 0.6 is 0 Å². The largest absolute Gasteiger partial charge is 0.493 e. The number of hydrogen-bond acceptors (Lipinski definition) is 6. The summed E-state index contributed by atoms with van der Waals surface area (Å²) in [6.45, 7) is 0. The highest BCUT2D eigenvalue weighted by atomic mass is 16.6. The summed E-state index contributed by atoms with van der Waals surface area (Å²) in [6.07, 6.45) is -0.425. The lowest BCUT2D eigenvalue weighted by molar-refractivity contribution is -0.0219. The Morgan fingerprint density at radius 2 is 1.57 bits per heavy atom. The molecule has 2 rings (SSSR count). The monoisotopic (exact) mass is 294 g/mol. The molecule has 0 fully saturated rings. The van der Waals surface area contributed by atoms with Crippen LogP contribution in [0.5, 0.6) is 11.5 Å². The predicted molar refractivity (Wildman–Crippen MR) is 78.9 cm³/mol. The minimum Gasteiger partial charge on any atom is -0.493 e. The van der Waals surface area contributed by atoms with E-state index in [9.17, 15) is 4.79 Å². The normalized spacial score (nSPS) is 17.4. The van der Waals surface area contributed by atoms with Gasteiger partial charge >= 0.3 is 5.97 Å². The summed E-state index contributed by atoms with van der Waals surface area (Å²) in [6, 6.07) is 3.50. The molecule has 1 unspecified atom stereocenters. The van der Waals surface area contributed by atoms with E-state index in [4.69, 9.17) is 14.2 Å². The first kappa shape index (κ1) is 15.6. The van der Waals surface area contributed by atoms with Crippen LogP contribution in [0.2, 0.25) is 0 Å². The van der Waals surface area contributed by atoms with E-state index < -0.39 is 0 Å². The number of carbonyl (C=O) groups excluding carboxylic acids is 1. The fraction of sp³-hybridized carbons (Fsp3) is 0.533. The molecule has 21 heavy (non-hydrogen) atoms. The lowest BCUT2D eigenvalue weighted by Crippen LogP contribution is -2.45. The van der Waals surface area contributed by atoms with Crippen molar-refractivity contribution < 1.29 is 19.0 Å². The van der Waals surface area contributed by atoms with E-state index in [0.29, 0.717) is 17.1 Å². The van der Waals surface area contributed by atoms with Crippen molar-refractivity contribution in [1.82, 2.24) is 9.80 Å². The van der Waals surface area contributed by atoms with Crippen LogP contribution in [0.3, 0.4) is 0 Å². The Bertz CT molecular complexity index is 535. The molecule has 0 spiro atoms. The lowest BCUT2D eigenvalue weighted by Gasteiger charge is -2.34. The van der Waals surface area contributed by atoms with E-state index in [1.165, 1.54) is 0 Å². The van der Waals surface area contributed by atoms with Crippen LogP contribution in [-0.4, -0.2) is 64.3 Å². The van der Waals surface area contributed by atoms with Crippen LogP contribution in [0.15, 0.2) is 12.1 Å². The summed E-state index contributed by atoms with van der Waals surface area (Å²) >= 11 is 0. The molecule has 1 aromatic rings.